The first-order chi connectivity index (χ1) is 10.2. The van der Waals surface area contributed by atoms with Crippen molar-refractivity contribution in [2.75, 3.05) is 6.61 Å². The highest BCUT2D eigenvalue weighted by atomic mass is 16.6. The van der Waals surface area contributed by atoms with E-state index in [4.69, 9.17) is 10.5 Å². The zero-order chi connectivity index (χ0) is 16.4. The Kier molecular flexibility index (Phi) is 3.15. The summed E-state index contributed by atoms with van der Waals surface area (Å²) in [6.07, 6.45) is -9.17. The molecule has 2 aliphatic heterocycles. The first kappa shape index (κ1) is 15.4. The van der Waals surface area contributed by atoms with Crippen molar-refractivity contribution < 1.29 is 40.2 Å². The van der Waals surface area contributed by atoms with Gasteiger partial charge in [-0.25, -0.2) is 9.79 Å². The number of nitrogens with zero attached hydrogens (tertiary/aromatic N) is 1. The van der Waals surface area contributed by atoms with Gasteiger partial charge in [0.1, 0.15) is 23.9 Å². The molecule has 22 heavy (non-hydrogen) atoms. The van der Waals surface area contributed by atoms with Gasteiger partial charge >= 0.3 is 5.97 Å². The third-order valence-electron chi connectivity index (χ3n) is 4.78. The molecule has 1 unspecified atom stereocenters. The van der Waals surface area contributed by atoms with Crippen molar-refractivity contribution in [1.29, 1.82) is 0 Å². The smallest absolute Gasteiger partial charge is 0.337 e. The average molecular weight is 319 g/mol. The number of nitrogens with two attached hydrogens (primary N) is 1. The van der Waals surface area contributed by atoms with Crippen LogP contribution in [0.4, 0.5) is 0 Å². The van der Waals surface area contributed by atoms with Crippen LogP contribution in [0.2, 0.25) is 0 Å². The second-order valence-electron chi connectivity index (χ2n) is 5.81. The quantitative estimate of drug-likeness (QED) is 0.215. The molecular weight excluding hydrogens is 302 g/mol. The second-order valence-corrected chi connectivity index (χ2v) is 5.81. The van der Waals surface area contributed by atoms with Crippen molar-refractivity contribution in [3.63, 3.8) is 0 Å². The SMILES string of the molecule is NC1=N[C@H](O)[C@H]2[C@H]3OC(=O)[C@@H](O)C2(N1)[C@@H](O)[C@@H](O)[C@@]3(O)CO. The van der Waals surface area contributed by atoms with Gasteiger partial charge in [-0.3, -0.25) is 0 Å². The van der Waals surface area contributed by atoms with Crippen LogP contribution in [0.15, 0.2) is 4.99 Å². The lowest BCUT2D eigenvalue weighted by Crippen LogP contribution is -2.88. The predicted octanol–water partition coefficient (Wildman–Crippen LogP) is -5.68. The number of ether oxygens (including phenoxy) is 1. The molecule has 2 bridgehead atoms. The van der Waals surface area contributed by atoms with Gasteiger partial charge in [0.25, 0.3) is 0 Å². The molecule has 8 atom stereocenters. The molecule has 0 amide bonds. The molecule has 11 heteroatoms. The van der Waals surface area contributed by atoms with Gasteiger partial charge in [-0.05, 0) is 0 Å². The number of carbonyl (C=O) groups excluding carboxylic acids is 1. The summed E-state index contributed by atoms with van der Waals surface area (Å²) < 4.78 is 4.88. The molecule has 3 rings (SSSR count). The van der Waals surface area contributed by atoms with Crippen LogP contribution in [0.5, 0.6) is 0 Å². The Hall–Kier alpha value is -1.50. The molecule has 0 radical (unpaired) electrons. The van der Waals surface area contributed by atoms with Gasteiger partial charge in [0.15, 0.2) is 23.9 Å². The van der Waals surface area contributed by atoms with Crippen LogP contribution >= 0.6 is 0 Å². The van der Waals surface area contributed by atoms with Gasteiger partial charge in [0.05, 0.1) is 12.5 Å². The van der Waals surface area contributed by atoms with Crippen molar-refractivity contribution in [2.24, 2.45) is 16.6 Å². The van der Waals surface area contributed by atoms with Crippen molar-refractivity contribution >= 4 is 11.9 Å². The number of hydrogen-bond acceptors (Lipinski definition) is 11. The van der Waals surface area contributed by atoms with Crippen molar-refractivity contribution in [1.82, 2.24) is 5.32 Å². The van der Waals surface area contributed by atoms with Gasteiger partial charge < -0.3 is 46.4 Å². The number of guanidine groups is 1. The molecule has 2 heterocycles. The molecule has 3 aliphatic rings. The second kappa shape index (κ2) is 4.50. The fourth-order valence-electron chi connectivity index (χ4n) is 3.65. The van der Waals surface area contributed by atoms with Crippen LogP contribution in [0, 0.1) is 5.92 Å². The molecule has 1 aliphatic carbocycles. The Morgan fingerprint density at radius 1 is 1.27 bits per heavy atom. The van der Waals surface area contributed by atoms with E-state index in [9.17, 15) is 35.4 Å². The number of nitrogens with one attached hydrogen (secondary N) is 1. The number of rotatable bonds is 1. The van der Waals surface area contributed by atoms with Gasteiger partial charge in [0, 0.05) is 0 Å². The van der Waals surface area contributed by atoms with Gasteiger partial charge in [-0.1, -0.05) is 0 Å². The topological polar surface area (TPSA) is 198 Å². The molecule has 2 fully saturated rings. The largest absolute Gasteiger partial charge is 0.457 e. The highest BCUT2D eigenvalue weighted by Crippen LogP contribution is 2.49. The van der Waals surface area contributed by atoms with Gasteiger partial charge in [-0.15, -0.1) is 0 Å². The van der Waals surface area contributed by atoms with E-state index in [0.717, 1.165) is 0 Å². The average Bonchev–Trinajstić information content (AvgIpc) is 2.47. The maximum Gasteiger partial charge on any atom is 0.337 e. The Morgan fingerprint density at radius 3 is 2.50 bits per heavy atom. The number of aliphatic hydroxyl groups excluding tert-OH is 5. The minimum Gasteiger partial charge on any atom is -0.457 e. The predicted molar refractivity (Wildman–Crippen MR) is 66.9 cm³/mol. The Bertz CT molecular complexity index is 543. The van der Waals surface area contributed by atoms with E-state index >= 15 is 0 Å². The minimum absolute atomic E-state index is 0.364. The summed E-state index contributed by atoms with van der Waals surface area (Å²) in [6, 6.07) is 0. The van der Waals surface area contributed by atoms with E-state index in [-0.39, 0.29) is 5.96 Å². The first-order valence-electron chi connectivity index (χ1n) is 6.57. The maximum absolute atomic E-state index is 11.9. The third kappa shape index (κ3) is 1.55. The highest BCUT2D eigenvalue weighted by Gasteiger charge is 2.75. The molecule has 1 saturated heterocycles. The Morgan fingerprint density at radius 2 is 1.91 bits per heavy atom. The van der Waals surface area contributed by atoms with E-state index in [0.29, 0.717) is 0 Å². The summed E-state index contributed by atoms with van der Waals surface area (Å²) in [4.78, 5) is 15.5. The van der Waals surface area contributed by atoms with E-state index in [2.05, 4.69) is 10.3 Å². The number of aliphatic hydroxyl groups is 6. The zero-order valence-electron chi connectivity index (χ0n) is 11.2. The fraction of sp³-hybridized carbons (Fsp3) is 0.818. The molecular formula is C11H17N3O8. The molecule has 9 N–H and O–H groups in total. The van der Waals surface area contributed by atoms with E-state index in [1.165, 1.54) is 0 Å². The lowest BCUT2D eigenvalue weighted by atomic mass is 9.57. The molecule has 0 aromatic rings. The minimum atomic E-state index is -2.44. The normalized spacial score (nSPS) is 53.9. The molecule has 0 aromatic carbocycles. The number of hydrogen-bond donors (Lipinski definition) is 8. The first-order valence-corrected chi connectivity index (χ1v) is 6.57. The lowest BCUT2D eigenvalue weighted by Gasteiger charge is -2.62. The molecule has 1 saturated carbocycles. The number of carbonyl (C=O) groups is 1. The lowest BCUT2D eigenvalue weighted by molar-refractivity contribution is -0.309. The summed E-state index contributed by atoms with van der Waals surface area (Å²) >= 11 is 0. The monoisotopic (exact) mass is 319 g/mol. The summed E-state index contributed by atoms with van der Waals surface area (Å²) in [5.74, 6) is -2.91. The van der Waals surface area contributed by atoms with Crippen molar-refractivity contribution in [3.8, 4) is 0 Å². The van der Waals surface area contributed by atoms with E-state index in [1.54, 1.807) is 0 Å². The summed E-state index contributed by atoms with van der Waals surface area (Å²) in [7, 11) is 0. The molecule has 0 aromatic heterocycles. The summed E-state index contributed by atoms with van der Waals surface area (Å²) in [5, 5.41) is 63.1. The Balaban J connectivity index is 2.23. The van der Waals surface area contributed by atoms with E-state index < -0.39 is 60.3 Å². The highest BCUT2D eigenvalue weighted by molar-refractivity contribution is 5.85. The van der Waals surface area contributed by atoms with Gasteiger partial charge in [0.2, 0.25) is 0 Å². The van der Waals surface area contributed by atoms with Gasteiger partial charge in [-0.2, -0.15) is 0 Å². The van der Waals surface area contributed by atoms with Crippen LogP contribution in [-0.2, 0) is 9.53 Å². The number of aliphatic imine (C=N–C) groups is 1. The summed E-state index contributed by atoms with van der Waals surface area (Å²) in [6.45, 7) is -1.06. The zero-order valence-corrected chi connectivity index (χ0v) is 11.2. The standard InChI is InChI=1S/C11H17N3O8/c12-9-13-7(19)2-6-10(21,1-15)3(16)4(17)11(2,14-9)5(18)8(20)22-6/h2-7,15-19,21H,1H2,(H3,12,13,14)/t2-,3-,4+,5-,6-,7-,10+,11?/m1/s1. The fourth-order valence-corrected chi connectivity index (χ4v) is 3.65. The van der Waals surface area contributed by atoms with Crippen LogP contribution in [0.25, 0.3) is 0 Å². The van der Waals surface area contributed by atoms with Crippen LogP contribution in [0.3, 0.4) is 0 Å². The van der Waals surface area contributed by atoms with Crippen LogP contribution < -0.4 is 11.1 Å². The summed E-state index contributed by atoms with van der Waals surface area (Å²) in [5.41, 5.74) is 1.04. The maximum atomic E-state index is 11.9. The third-order valence-corrected chi connectivity index (χ3v) is 4.78. The molecule has 0 spiro atoms. The Labute approximate surface area is 123 Å². The molecule has 11 nitrogen and oxygen atoms in total. The van der Waals surface area contributed by atoms with Crippen molar-refractivity contribution in [3.05, 3.63) is 0 Å². The van der Waals surface area contributed by atoms with Crippen LogP contribution in [-0.4, -0.2) is 91.0 Å². The van der Waals surface area contributed by atoms with E-state index in [1.807, 2.05) is 0 Å². The number of esters is 1. The van der Waals surface area contributed by atoms with Crippen molar-refractivity contribution in [2.45, 2.75) is 41.8 Å². The van der Waals surface area contributed by atoms with Crippen LogP contribution in [0.1, 0.15) is 0 Å². The molecule has 124 valence electrons.